The third-order valence-corrected chi connectivity index (χ3v) is 11.6. The molecule has 0 aliphatic rings. The van der Waals surface area contributed by atoms with Gasteiger partial charge in [0.05, 0.1) is 11.4 Å². The molecular weight excluding hydrogens is 743 g/mol. The SMILES string of the molecule is CC(C)(C)c1cc(-c2cc(-c3cc(Cc4ccccc4)cc(N(c4ccccc4)c4ccccn4)c3)nc(-c3cc(C(C)(C)C)cc(C(C)(C)C)c3O)c2)cc(C(C)(C)C)c1. The van der Waals surface area contributed by atoms with Crippen LogP contribution in [0.25, 0.3) is 33.6 Å². The van der Waals surface area contributed by atoms with Crippen LogP contribution < -0.4 is 4.90 Å². The van der Waals surface area contributed by atoms with E-state index < -0.39 is 0 Å². The van der Waals surface area contributed by atoms with Crippen molar-refractivity contribution in [2.24, 2.45) is 0 Å². The number of aromatic nitrogens is 2. The normalized spacial score (nSPS) is 12.4. The summed E-state index contributed by atoms with van der Waals surface area (Å²) in [5.41, 5.74) is 13.9. The van der Waals surface area contributed by atoms with Crippen molar-refractivity contribution in [2.75, 3.05) is 4.90 Å². The zero-order valence-corrected chi connectivity index (χ0v) is 38.4. The second kappa shape index (κ2) is 16.5. The second-order valence-corrected chi connectivity index (χ2v) is 20.8. The number of para-hydroxylation sites is 1. The number of pyridine rings is 2. The van der Waals surface area contributed by atoms with Crippen LogP contribution >= 0.6 is 0 Å². The first-order valence-corrected chi connectivity index (χ1v) is 21.7. The van der Waals surface area contributed by atoms with Gasteiger partial charge in [-0.1, -0.05) is 162 Å². The average Bonchev–Trinajstić information content (AvgIpc) is 3.20. The van der Waals surface area contributed by atoms with Gasteiger partial charge in [-0.2, -0.15) is 0 Å². The third kappa shape index (κ3) is 9.81. The van der Waals surface area contributed by atoms with Gasteiger partial charge in [0.1, 0.15) is 11.6 Å². The van der Waals surface area contributed by atoms with Crippen LogP contribution in [-0.2, 0) is 28.1 Å². The van der Waals surface area contributed by atoms with Crippen molar-refractivity contribution in [3.8, 4) is 39.4 Å². The standard InChI is InChI=1S/C57H63N3O/c1-54(2,3)43-30-40(31-44(35-43)55(4,5)6)41-33-50(59-51(34-41)48-36-45(56(7,8)9)37-49(53(48)61)57(10,11)12)42-28-39(27-38-21-15-13-16-22-38)29-47(32-42)60(46-23-17-14-18-24-46)52-25-19-20-26-58-52/h13-26,28-37,61H,27H2,1-12H3. The molecule has 0 radical (unpaired) electrons. The predicted molar refractivity (Wildman–Crippen MR) is 259 cm³/mol. The van der Waals surface area contributed by atoms with Crippen LogP contribution in [0, 0.1) is 0 Å². The van der Waals surface area contributed by atoms with E-state index in [0.717, 1.165) is 73.9 Å². The number of hydrogen-bond donors (Lipinski definition) is 1. The molecule has 7 aromatic rings. The number of anilines is 3. The van der Waals surface area contributed by atoms with Crippen LogP contribution in [0.5, 0.6) is 5.75 Å². The highest BCUT2D eigenvalue weighted by molar-refractivity contribution is 5.83. The molecular formula is C57H63N3O. The van der Waals surface area contributed by atoms with Gasteiger partial charge in [-0.15, -0.1) is 0 Å². The molecule has 0 aliphatic heterocycles. The lowest BCUT2D eigenvalue weighted by Crippen LogP contribution is -2.17. The fourth-order valence-corrected chi connectivity index (χ4v) is 7.84. The zero-order valence-electron chi connectivity index (χ0n) is 38.4. The maximum Gasteiger partial charge on any atom is 0.137 e. The highest BCUT2D eigenvalue weighted by Crippen LogP contribution is 2.45. The Morgan fingerprint density at radius 2 is 1.02 bits per heavy atom. The Bertz CT molecular complexity index is 2560. The Kier molecular flexibility index (Phi) is 11.6. The molecule has 0 bridgehead atoms. The van der Waals surface area contributed by atoms with Gasteiger partial charge in [0, 0.05) is 34.3 Å². The Balaban J connectivity index is 1.56. The summed E-state index contributed by atoms with van der Waals surface area (Å²) in [7, 11) is 0. The van der Waals surface area contributed by atoms with E-state index >= 15 is 0 Å². The number of phenols is 1. The second-order valence-electron chi connectivity index (χ2n) is 20.8. The lowest BCUT2D eigenvalue weighted by molar-refractivity contribution is 0.446. The summed E-state index contributed by atoms with van der Waals surface area (Å²) in [6.07, 6.45) is 2.59. The quantitative estimate of drug-likeness (QED) is 0.166. The molecule has 0 atom stereocenters. The molecule has 4 heteroatoms. The molecule has 0 unspecified atom stereocenters. The van der Waals surface area contributed by atoms with Gasteiger partial charge < -0.3 is 5.11 Å². The van der Waals surface area contributed by atoms with Gasteiger partial charge in [-0.25, -0.2) is 9.97 Å². The van der Waals surface area contributed by atoms with Crippen LogP contribution in [0.3, 0.4) is 0 Å². The van der Waals surface area contributed by atoms with Crippen molar-refractivity contribution in [2.45, 2.75) is 111 Å². The zero-order chi connectivity index (χ0) is 43.9. The first-order chi connectivity index (χ1) is 28.6. The highest BCUT2D eigenvalue weighted by Gasteiger charge is 2.28. The molecule has 0 amide bonds. The van der Waals surface area contributed by atoms with Crippen LogP contribution in [0.4, 0.5) is 17.2 Å². The van der Waals surface area contributed by atoms with Crippen molar-refractivity contribution >= 4 is 17.2 Å². The highest BCUT2D eigenvalue weighted by atomic mass is 16.3. The van der Waals surface area contributed by atoms with E-state index in [4.69, 9.17) is 9.97 Å². The number of aromatic hydroxyl groups is 1. The lowest BCUT2D eigenvalue weighted by Gasteiger charge is -2.28. The predicted octanol–water partition coefficient (Wildman–Crippen LogP) is 15.4. The minimum Gasteiger partial charge on any atom is -0.507 e. The van der Waals surface area contributed by atoms with Crippen molar-refractivity contribution in [3.63, 3.8) is 0 Å². The van der Waals surface area contributed by atoms with Crippen molar-refractivity contribution < 1.29 is 5.11 Å². The van der Waals surface area contributed by atoms with E-state index in [1.165, 1.54) is 16.7 Å². The number of nitrogens with zero attached hydrogens (tertiary/aromatic N) is 3. The minimum atomic E-state index is -0.295. The number of benzene rings is 5. The van der Waals surface area contributed by atoms with Crippen molar-refractivity contribution in [1.29, 1.82) is 0 Å². The molecule has 0 saturated carbocycles. The van der Waals surface area contributed by atoms with Crippen LogP contribution in [0.1, 0.15) is 116 Å². The van der Waals surface area contributed by atoms with E-state index in [9.17, 15) is 5.11 Å². The van der Waals surface area contributed by atoms with Gasteiger partial charge in [-0.3, -0.25) is 4.90 Å². The van der Waals surface area contributed by atoms with Crippen molar-refractivity contribution in [3.05, 3.63) is 179 Å². The molecule has 4 nitrogen and oxygen atoms in total. The molecule has 0 fully saturated rings. The van der Waals surface area contributed by atoms with Gasteiger partial charge in [0.15, 0.2) is 0 Å². The van der Waals surface area contributed by atoms with Gasteiger partial charge in [0.25, 0.3) is 0 Å². The summed E-state index contributed by atoms with van der Waals surface area (Å²) in [6.45, 7) is 26.9. The lowest BCUT2D eigenvalue weighted by atomic mass is 9.78. The molecule has 1 N–H and O–H groups in total. The van der Waals surface area contributed by atoms with Crippen LogP contribution in [0.2, 0.25) is 0 Å². The van der Waals surface area contributed by atoms with E-state index in [2.05, 4.69) is 209 Å². The van der Waals surface area contributed by atoms with Gasteiger partial charge in [0.2, 0.25) is 0 Å². The molecule has 2 aromatic heterocycles. The Hall–Kier alpha value is -6.00. The van der Waals surface area contributed by atoms with E-state index in [1.54, 1.807) is 0 Å². The Morgan fingerprint density at radius 3 is 1.59 bits per heavy atom. The Morgan fingerprint density at radius 1 is 0.459 bits per heavy atom. The van der Waals surface area contributed by atoms with Crippen molar-refractivity contribution in [1.82, 2.24) is 9.97 Å². The first-order valence-electron chi connectivity index (χ1n) is 21.7. The van der Waals surface area contributed by atoms with E-state index in [1.807, 2.05) is 24.4 Å². The molecule has 7 rings (SSSR count). The molecule has 0 saturated heterocycles. The summed E-state index contributed by atoms with van der Waals surface area (Å²) < 4.78 is 0. The maximum atomic E-state index is 12.3. The number of rotatable bonds is 8. The molecule has 0 aliphatic carbocycles. The average molecular weight is 806 g/mol. The van der Waals surface area contributed by atoms with E-state index in [-0.39, 0.29) is 27.4 Å². The van der Waals surface area contributed by atoms with Crippen LogP contribution in [0.15, 0.2) is 146 Å². The number of phenolic OH excluding ortho intramolecular Hbond substituents is 1. The van der Waals surface area contributed by atoms with Gasteiger partial charge >= 0.3 is 0 Å². The topological polar surface area (TPSA) is 49.2 Å². The largest absolute Gasteiger partial charge is 0.507 e. The molecule has 2 heterocycles. The first kappa shape index (κ1) is 43.1. The van der Waals surface area contributed by atoms with Crippen LogP contribution in [-0.4, -0.2) is 15.1 Å². The summed E-state index contributed by atoms with van der Waals surface area (Å²) >= 11 is 0. The van der Waals surface area contributed by atoms with E-state index in [0.29, 0.717) is 0 Å². The monoisotopic (exact) mass is 805 g/mol. The Labute approximate surface area is 365 Å². The fraction of sp³-hybridized carbons (Fsp3) is 0.298. The fourth-order valence-electron chi connectivity index (χ4n) is 7.84. The molecule has 0 spiro atoms. The molecule has 312 valence electrons. The minimum absolute atomic E-state index is 0.0668. The molecule has 5 aromatic carbocycles. The number of hydrogen-bond acceptors (Lipinski definition) is 4. The summed E-state index contributed by atoms with van der Waals surface area (Å²) in [5, 5.41) is 12.3. The van der Waals surface area contributed by atoms with Gasteiger partial charge in [-0.05, 0) is 128 Å². The summed E-state index contributed by atoms with van der Waals surface area (Å²) in [5.74, 6) is 1.10. The smallest absolute Gasteiger partial charge is 0.137 e. The maximum absolute atomic E-state index is 12.3. The third-order valence-electron chi connectivity index (χ3n) is 11.6. The molecule has 61 heavy (non-hydrogen) atoms. The summed E-state index contributed by atoms with van der Waals surface area (Å²) in [4.78, 5) is 12.6. The summed E-state index contributed by atoms with van der Waals surface area (Å²) in [6, 6.07) is 49.7.